The van der Waals surface area contributed by atoms with Gasteiger partial charge in [-0.1, -0.05) is 127 Å². The van der Waals surface area contributed by atoms with Gasteiger partial charge in [0.05, 0.1) is 22.2 Å². The average molecular weight is 664 g/mol. The Morgan fingerprint density at radius 3 is 1.87 bits per heavy atom. The van der Waals surface area contributed by atoms with E-state index in [0.717, 1.165) is 77.4 Å². The lowest BCUT2D eigenvalue weighted by Crippen LogP contribution is -2.04. The highest BCUT2D eigenvalue weighted by atomic mass is 16.3. The molecule has 52 heavy (non-hydrogen) atoms. The third-order valence-corrected chi connectivity index (χ3v) is 10.4. The van der Waals surface area contributed by atoms with Gasteiger partial charge in [0.25, 0.3) is 0 Å². The lowest BCUT2D eigenvalue weighted by Gasteiger charge is -2.16. The van der Waals surface area contributed by atoms with Gasteiger partial charge in [-0.3, -0.25) is 4.57 Å². The van der Waals surface area contributed by atoms with Crippen LogP contribution in [0.1, 0.15) is 0 Å². The maximum Gasteiger partial charge on any atom is 0.235 e. The van der Waals surface area contributed by atoms with Gasteiger partial charge in [-0.25, -0.2) is 9.97 Å². The number of benzene rings is 8. The molecule has 0 aliphatic heterocycles. The van der Waals surface area contributed by atoms with Crippen molar-refractivity contribution < 1.29 is 4.42 Å². The monoisotopic (exact) mass is 663 g/mol. The van der Waals surface area contributed by atoms with E-state index in [-0.39, 0.29) is 0 Å². The van der Waals surface area contributed by atoms with Crippen LogP contribution in [0.2, 0.25) is 0 Å². The van der Waals surface area contributed by atoms with E-state index in [0.29, 0.717) is 5.95 Å². The molecule has 0 N–H and O–H groups in total. The molecule has 3 aromatic heterocycles. The standard InChI is InChI=1S/C48H29N3O/c1-3-13-30(14-4-1)38-28-41-42(29-39(38)34-23-24-37-36-20-10-12-22-45(36)52-46(37)27-34)49-48(50-47(41)31-15-5-2-6-16-31)51-43-21-11-9-19-35(43)40-25-32-17-7-8-18-33(32)26-44(40)51/h1-29H. The molecule has 242 valence electrons. The maximum absolute atomic E-state index is 6.38. The van der Waals surface area contributed by atoms with Crippen LogP contribution in [0.3, 0.4) is 0 Å². The van der Waals surface area contributed by atoms with E-state index in [9.17, 15) is 0 Å². The van der Waals surface area contributed by atoms with Gasteiger partial charge < -0.3 is 4.42 Å². The Hall–Kier alpha value is -7.04. The van der Waals surface area contributed by atoms with Crippen LogP contribution in [0.15, 0.2) is 180 Å². The van der Waals surface area contributed by atoms with Crippen LogP contribution < -0.4 is 0 Å². The van der Waals surface area contributed by atoms with Gasteiger partial charge in [0.1, 0.15) is 11.2 Å². The third-order valence-electron chi connectivity index (χ3n) is 10.4. The molecule has 0 bridgehead atoms. The third kappa shape index (κ3) is 4.41. The number of aromatic nitrogens is 3. The van der Waals surface area contributed by atoms with Crippen molar-refractivity contribution in [3.8, 4) is 39.5 Å². The van der Waals surface area contributed by atoms with E-state index in [1.807, 2.05) is 18.2 Å². The number of hydrogen-bond acceptors (Lipinski definition) is 3. The zero-order valence-electron chi connectivity index (χ0n) is 28.0. The Morgan fingerprint density at radius 2 is 1.04 bits per heavy atom. The zero-order valence-corrected chi connectivity index (χ0v) is 28.0. The van der Waals surface area contributed by atoms with E-state index in [4.69, 9.17) is 14.4 Å². The number of fused-ring (bicyclic) bond motifs is 8. The molecule has 0 atom stereocenters. The van der Waals surface area contributed by atoms with Crippen molar-refractivity contribution >= 4 is 65.4 Å². The van der Waals surface area contributed by atoms with Crippen LogP contribution >= 0.6 is 0 Å². The summed E-state index contributed by atoms with van der Waals surface area (Å²) < 4.78 is 8.61. The van der Waals surface area contributed by atoms with E-state index in [2.05, 4.69) is 162 Å². The first kappa shape index (κ1) is 28.8. The van der Waals surface area contributed by atoms with Gasteiger partial charge in [0, 0.05) is 32.5 Å². The second kappa shape index (κ2) is 11.2. The quantitative estimate of drug-likeness (QED) is 0.188. The normalized spacial score (nSPS) is 11.8. The summed E-state index contributed by atoms with van der Waals surface area (Å²) >= 11 is 0. The summed E-state index contributed by atoms with van der Waals surface area (Å²) in [5.41, 5.74) is 11.1. The van der Waals surface area contributed by atoms with Crippen LogP contribution in [-0.4, -0.2) is 14.5 Å². The highest BCUT2D eigenvalue weighted by molar-refractivity contribution is 6.14. The Balaban J connectivity index is 1.24. The minimum absolute atomic E-state index is 0.638. The Bertz CT molecular complexity index is 3180. The van der Waals surface area contributed by atoms with E-state index in [1.165, 1.54) is 21.5 Å². The van der Waals surface area contributed by atoms with Crippen molar-refractivity contribution in [1.29, 1.82) is 0 Å². The maximum atomic E-state index is 6.38. The molecule has 11 rings (SSSR count). The van der Waals surface area contributed by atoms with Gasteiger partial charge in [-0.15, -0.1) is 0 Å². The highest BCUT2D eigenvalue weighted by Crippen LogP contribution is 2.41. The van der Waals surface area contributed by atoms with E-state index < -0.39 is 0 Å². The Labute approximate surface area is 298 Å². The number of furan rings is 1. The molecular formula is C48H29N3O. The summed E-state index contributed by atoms with van der Waals surface area (Å²) in [4.78, 5) is 10.9. The van der Waals surface area contributed by atoms with Crippen LogP contribution in [0.4, 0.5) is 0 Å². The Kier molecular flexibility index (Phi) is 6.22. The molecule has 0 saturated carbocycles. The molecule has 11 aromatic rings. The molecule has 0 amide bonds. The molecule has 0 unspecified atom stereocenters. The van der Waals surface area contributed by atoms with Gasteiger partial charge in [0.2, 0.25) is 5.95 Å². The predicted molar refractivity (Wildman–Crippen MR) is 215 cm³/mol. The number of nitrogens with zero attached hydrogens (tertiary/aromatic N) is 3. The van der Waals surface area contributed by atoms with Crippen molar-refractivity contribution in [1.82, 2.24) is 14.5 Å². The van der Waals surface area contributed by atoms with Crippen molar-refractivity contribution in [3.63, 3.8) is 0 Å². The lowest BCUT2D eigenvalue weighted by atomic mass is 9.91. The van der Waals surface area contributed by atoms with Crippen molar-refractivity contribution in [2.24, 2.45) is 0 Å². The SMILES string of the molecule is c1ccc(-c2cc3c(-c4ccccc4)nc(-n4c5ccccc5c5cc6ccccc6cc54)nc3cc2-c2ccc3c(c2)oc2ccccc23)cc1. The fraction of sp³-hybridized carbons (Fsp3) is 0. The summed E-state index contributed by atoms with van der Waals surface area (Å²) in [6, 6.07) is 62.0. The van der Waals surface area contributed by atoms with Gasteiger partial charge in [-0.2, -0.15) is 0 Å². The van der Waals surface area contributed by atoms with Crippen molar-refractivity contribution in [2.45, 2.75) is 0 Å². The first-order valence-electron chi connectivity index (χ1n) is 17.6. The number of hydrogen-bond donors (Lipinski definition) is 0. The minimum atomic E-state index is 0.638. The molecule has 0 radical (unpaired) electrons. The highest BCUT2D eigenvalue weighted by Gasteiger charge is 2.20. The molecule has 0 fully saturated rings. The topological polar surface area (TPSA) is 43.9 Å². The molecular weight excluding hydrogens is 635 g/mol. The smallest absolute Gasteiger partial charge is 0.235 e. The van der Waals surface area contributed by atoms with E-state index >= 15 is 0 Å². The summed E-state index contributed by atoms with van der Waals surface area (Å²) in [5, 5.41) is 7.96. The fourth-order valence-electron chi connectivity index (χ4n) is 7.94. The first-order chi connectivity index (χ1) is 25.8. The summed E-state index contributed by atoms with van der Waals surface area (Å²) in [6.07, 6.45) is 0. The zero-order chi connectivity index (χ0) is 34.2. The van der Waals surface area contributed by atoms with Crippen LogP contribution in [0, 0.1) is 0 Å². The average Bonchev–Trinajstić information content (AvgIpc) is 3.74. The van der Waals surface area contributed by atoms with Crippen molar-refractivity contribution in [2.75, 3.05) is 0 Å². The molecule has 4 nitrogen and oxygen atoms in total. The van der Waals surface area contributed by atoms with E-state index in [1.54, 1.807) is 0 Å². The molecule has 0 spiro atoms. The van der Waals surface area contributed by atoms with Gasteiger partial charge in [-0.05, 0) is 81.6 Å². The number of rotatable bonds is 4. The summed E-state index contributed by atoms with van der Waals surface area (Å²) in [6.45, 7) is 0. The Morgan fingerprint density at radius 1 is 0.385 bits per heavy atom. The van der Waals surface area contributed by atoms with Crippen LogP contribution in [-0.2, 0) is 0 Å². The predicted octanol–water partition coefficient (Wildman–Crippen LogP) is 12.8. The summed E-state index contributed by atoms with van der Waals surface area (Å²) in [7, 11) is 0. The molecule has 4 heteroatoms. The largest absolute Gasteiger partial charge is 0.456 e. The molecule has 3 heterocycles. The second-order valence-electron chi connectivity index (χ2n) is 13.4. The number of para-hydroxylation sites is 2. The van der Waals surface area contributed by atoms with Crippen LogP contribution in [0.25, 0.3) is 105 Å². The van der Waals surface area contributed by atoms with Gasteiger partial charge in [0.15, 0.2) is 0 Å². The van der Waals surface area contributed by atoms with Gasteiger partial charge >= 0.3 is 0 Å². The van der Waals surface area contributed by atoms with Crippen molar-refractivity contribution in [3.05, 3.63) is 176 Å². The molecule has 8 aromatic carbocycles. The lowest BCUT2D eigenvalue weighted by molar-refractivity contribution is 0.669. The summed E-state index contributed by atoms with van der Waals surface area (Å²) in [5.74, 6) is 0.638. The molecule has 0 saturated heterocycles. The molecule has 0 aliphatic rings. The second-order valence-corrected chi connectivity index (χ2v) is 13.4. The van der Waals surface area contributed by atoms with Crippen LogP contribution in [0.5, 0.6) is 0 Å². The first-order valence-corrected chi connectivity index (χ1v) is 17.6. The minimum Gasteiger partial charge on any atom is -0.456 e. The fourth-order valence-corrected chi connectivity index (χ4v) is 7.94. The molecule has 0 aliphatic carbocycles.